The lowest BCUT2D eigenvalue weighted by Gasteiger charge is -2.06. The van der Waals surface area contributed by atoms with Crippen LogP contribution in [0.15, 0.2) is 71.3 Å². The van der Waals surface area contributed by atoms with Gasteiger partial charge in [0.1, 0.15) is 11.3 Å². The molecule has 1 aromatic heterocycles. The van der Waals surface area contributed by atoms with E-state index in [0.717, 1.165) is 10.8 Å². The molecule has 3 aromatic carbocycles. The molecule has 0 atom stereocenters. The lowest BCUT2D eigenvalue weighted by Crippen LogP contribution is -2.12. The lowest BCUT2D eigenvalue weighted by molar-refractivity contribution is -0.112. The van der Waals surface area contributed by atoms with E-state index in [-0.39, 0.29) is 11.7 Å². The first-order valence-corrected chi connectivity index (χ1v) is 7.54. The Bertz CT molecular complexity index is 1050. The van der Waals surface area contributed by atoms with E-state index in [9.17, 15) is 9.90 Å². The van der Waals surface area contributed by atoms with Gasteiger partial charge in [-0.15, -0.1) is 0 Å². The zero-order valence-corrected chi connectivity index (χ0v) is 12.7. The monoisotopic (exact) mass is 316 g/mol. The summed E-state index contributed by atoms with van der Waals surface area (Å²) in [5.74, 6) is -0.192. The number of hydrogen-bond acceptors (Lipinski definition) is 3. The molecule has 0 unspecified atom stereocenters. The summed E-state index contributed by atoms with van der Waals surface area (Å²) >= 11 is 0. The van der Waals surface area contributed by atoms with Gasteiger partial charge in [0.15, 0.2) is 0 Å². The first-order valence-electron chi connectivity index (χ1n) is 7.54. The maximum absolute atomic E-state index is 12.3. The molecule has 4 rings (SSSR count). The molecule has 1 heterocycles. The second-order valence-corrected chi connectivity index (χ2v) is 5.54. The van der Waals surface area contributed by atoms with Gasteiger partial charge in [-0.05, 0) is 35.0 Å². The standard InChI is InChI=1S/C20H14NO3/c22-17-6-3-7-18-20(17)15(12-24-18)11-19(23)21-16-9-8-13-4-1-2-5-14(13)10-16/h1-12,22H,(H,21,23). The summed E-state index contributed by atoms with van der Waals surface area (Å²) < 4.78 is 5.37. The summed E-state index contributed by atoms with van der Waals surface area (Å²) in [4.78, 5) is 12.3. The van der Waals surface area contributed by atoms with Crippen LogP contribution in [-0.4, -0.2) is 11.0 Å². The minimum absolute atomic E-state index is 0.0889. The minimum atomic E-state index is -0.281. The van der Waals surface area contributed by atoms with E-state index in [4.69, 9.17) is 4.42 Å². The second kappa shape index (κ2) is 5.74. The number of furan rings is 1. The van der Waals surface area contributed by atoms with Gasteiger partial charge in [-0.3, -0.25) is 4.79 Å². The fraction of sp³-hybridized carbons (Fsp3) is 0. The topological polar surface area (TPSA) is 62.5 Å². The maximum atomic E-state index is 12.3. The van der Waals surface area contributed by atoms with E-state index < -0.39 is 0 Å². The molecule has 4 heteroatoms. The van der Waals surface area contributed by atoms with Gasteiger partial charge in [-0.2, -0.15) is 0 Å². The van der Waals surface area contributed by atoms with Crippen molar-refractivity contribution >= 4 is 33.3 Å². The van der Waals surface area contributed by atoms with Gasteiger partial charge >= 0.3 is 0 Å². The number of benzene rings is 3. The number of nitrogens with one attached hydrogen (secondary N) is 1. The van der Waals surface area contributed by atoms with Crippen LogP contribution in [0.1, 0.15) is 5.56 Å². The highest BCUT2D eigenvalue weighted by atomic mass is 16.3. The fourth-order valence-electron chi connectivity index (χ4n) is 2.79. The van der Waals surface area contributed by atoms with Crippen molar-refractivity contribution in [2.24, 2.45) is 0 Å². The molecule has 4 aromatic rings. The molecule has 0 saturated carbocycles. The molecule has 0 bridgehead atoms. The van der Waals surface area contributed by atoms with Crippen LogP contribution in [0.5, 0.6) is 5.75 Å². The van der Waals surface area contributed by atoms with Crippen molar-refractivity contribution in [1.82, 2.24) is 0 Å². The Labute approximate surface area is 138 Å². The van der Waals surface area contributed by atoms with Gasteiger partial charge in [0.25, 0.3) is 0 Å². The van der Waals surface area contributed by atoms with Crippen LogP contribution in [0.3, 0.4) is 0 Å². The largest absolute Gasteiger partial charge is 0.507 e. The van der Waals surface area contributed by atoms with Gasteiger partial charge in [0, 0.05) is 11.3 Å². The van der Waals surface area contributed by atoms with Crippen molar-refractivity contribution in [3.05, 3.63) is 78.9 Å². The third-order valence-electron chi connectivity index (χ3n) is 3.91. The summed E-state index contributed by atoms with van der Waals surface area (Å²) in [6, 6.07) is 18.7. The van der Waals surface area contributed by atoms with Gasteiger partial charge in [0.05, 0.1) is 18.1 Å². The van der Waals surface area contributed by atoms with Crippen LogP contribution in [-0.2, 0) is 4.79 Å². The second-order valence-electron chi connectivity index (χ2n) is 5.54. The summed E-state index contributed by atoms with van der Waals surface area (Å²) in [5, 5.41) is 15.5. The van der Waals surface area contributed by atoms with E-state index in [2.05, 4.69) is 5.32 Å². The van der Waals surface area contributed by atoms with E-state index in [1.165, 1.54) is 12.7 Å². The predicted octanol–water partition coefficient (Wildman–Crippen LogP) is 4.48. The smallest absolute Gasteiger partial charge is 0.233 e. The van der Waals surface area contributed by atoms with Gasteiger partial charge < -0.3 is 14.8 Å². The highest BCUT2D eigenvalue weighted by Gasteiger charge is 2.14. The van der Waals surface area contributed by atoms with Crippen molar-refractivity contribution in [3.8, 4) is 5.75 Å². The molecule has 0 aliphatic rings. The minimum Gasteiger partial charge on any atom is -0.507 e. The number of hydrogen-bond donors (Lipinski definition) is 2. The van der Waals surface area contributed by atoms with Crippen LogP contribution >= 0.6 is 0 Å². The quantitative estimate of drug-likeness (QED) is 0.585. The molecule has 1 radical (unpaired) electrons. The zero-order valence-electron chi connectivity index (χ0n) is 12.7. The summed E-state index contributed by atoms with van der Waals surface area (Å²) in [7, 11) is 0. The Hall–Kier alpha value is -3.27. The third-order valence-corrected chi connectivity index (χ3v) is 3.91. The van der Waals surface area contributed by atoms with Crippen molar-refractivity contribution in [1.29, 1.82) is 0 Å². The van der Waals surface area contributed by atoms with Gasteiger partial charge in [0.2, 0.25) is 5.91 Å². The third kappa shape index (κ3) is 2.58. The Morgan fingerprint density at radius 3 is 2.71 bits per heavy atom. The highest BCUT2D eigenvalue weighted by Crippen LogP contribution is 2.30. The van der Waals surface area contributed by atoms with E-state index in [1.54, 1.807) is 18.2 Å². The first-order chi connectivity index (χ1) is 11.7. The molecular formula is C20H14NO3. The molecule has 117 valence electrons. The first kappa shape index (κ1) is 14.3. The molecule has 0 spiro atoms. The molecule has 2 N–H and O–H groups in total. The van der Waals surface area contributed by atoms with Crippen molar-refractivity contribution in [2.45, 2.75) is 0 Å². The molecule has 24 heavy (non-hydrogen) atoms. The number of phenols is 1. The van der Waals surface area contributed by atoms with Gasteiger partial charge in [-0.1, -0.05) is 36.4 Å². The number of anilines is 1. The van der Waals surface area contributed by atoms with Crippen LogP contribution in [0.25, 0.3) is 21.7 Å². The number of carbonyl (C=O) groups is 1. The number of fused-ring (bicyclic) bond motifs is 2. The molecule has 0 fully saturated rings. The lowest BCUT2D eigenvalue weighted by atomic mass is 10.1. The van der Waals surface area contributed by atoms with Crippen LogP contribution < -0.4 is 5.32 Å². The Morgan fingerprint density at radius 1 is 1.00 bits per heavy atom. The zero-order chi connectivity index (χ0) is 16.5. The summed E-state index contributed by atoms with van der Waals surface area (Å²) in [6.07, 6.45) is 2.88. The SMILES string of the molecule is O=C([CH]c1coc2cccc(O)c12)Nc1ccc2ccccc2c1. The number of phenolic OH excluding ortho intramolecular Hbond substituents is 1. The predicted molar refractivity (Wildman–Crippen MR) is 93.9 cm³/mol. The fourth-order valence-corrected chi connectivity index (χ4v) is 2.79. The summed E-state index contributed by atoms with van der Waals surface area (Å²) in [5.41, 5.74) is 1.80. The molecular weight excluding hydrogens is 302 g/mol. The van der Waals surface area contributed by atoms with Crippen molar-refractivity contribution in [3.63, 3.8) is 0 Å². The number of rotatable bonds is 3. The maximum Gasteiger partial charge on any atom is 0.233 e. The normalized spacial score (nSPS) is 11.0. The Balaban J connectivity index is 1.57. The molecule has 0 saturated heterocycles. The van der Waals surface area contributed by atoms with E-state index >= 15 is 0 Å². The molecule has 0 aliphatic carbocycles. The Kier molecular flexibility index (Phi) is 3.43. The number of amides is 1. The van der Waals surface area contributed by atoms with Crippen LogP contribution in [0.2, 0.25) is 0 Å². The average molecular weight is 316 g/mol. The Morgan fingerprint density at radius 2 is 1.83 bits per heavy atom. The highest BCUT2D eigenvalue weighted by molar-refractivity contribution is 6.04. The molecule has 0 aliphatic heterocycles. The van der Waals surface area contributed by atoms with Crippen molar-refractivity contribution in [2.75, 3.05) is 5.32 Å². The van der Waals surface area contributed by atoms with Gasteiger partial charge in [-0.25, -0.2) is 0 Å². The van der Waals surface area contributed by atoms with Crippen LogP contribution in [0.4, 0.5) is 5.69 Å². The number of aromatic hydroxyl groups is 1. The summed E-state index contributed by atoms with van der Waals surface area (Å²) in [6.45, 7) is 0. The van der Waals surface area contributed by atoms with E-state index in [1.807, 2.05) is 42.5 Å². The van der Waals surface area contributed by atoms with E-state index in [0.29, 0.717) is 22.2 Å². The van der Waals surface area contributed by atoms with Crippen LogP contribution in [0, 0.1) is 6.42 Å². The number of carbonyl (C=O) groups excluding carboxylic acids is 1. The molecule has 4 nitrogen and oxygen atoms in total. The van der Waals surface area contributed by atoms with Crippen molar-refractivity contribution < 1.29 is 14.3 Å². The molecule has 1 amide bonds. The average Bonchev–Trinajstić information content (AvgIpc) is 2.99.